The van der Waals surface area contributed by atoms with Crippen molar-refractivity contribution < 1.29 is 32.9 Å². The molecule has 1 aromatic heterocycles. The summed E-state index contributed by atoms with van der Waals surface area (Å²) in [5, 5.41) is 3.69. The van der Waals surface area contributed by atoms with Crippen LogP contribution >= 0.6 is 18.9 Å². The Bertz CT molecular complexity index is 1230. The molecule has 36 heavy (non-hydrogen) atoms. The van der Waals surface area contributed by atoms with Crippen molar-refractivity contribution in [3.05, 3.63) is 77.7 Å². The lowest BCUT2D eigenvalue weighted by Gasteiger charge is -2.25. The van der Waals surface area contributed by atoms with Gasteiger partial charge in [-0.3, -0.25) is 9.36 Å². The molecule has 2 aromatic carbocycles. The van der Waals surface area contributed by atoms with Gasteiger partial charge < -0.3 is 18.7 Å². The van der Waals surface area contributed by atoms with E-state index in [-0.39, 0.29) is 26.0 Å². The van der Waals surface area contributed by atoms with E-state index in [4.69, 9.17) is 18.7 Å². The lowest BCUT2D eigenvalue weighted by molar-refractivity contribution is -0.147. The third kappa shape index (κ3) is 7.77. The Morgan fingerprint density at radius 1 is 1.14 bits per heavy atom. The Kier molecular flexibility index (Phi) is 10.3. The Morgan fingerprint density at radius 2 is 1.92 bits per heavy atom. The minimum absolute atomic E-state index is 0.00873. The molecule has 0 aliphatic heterocycles. The van der Waals surface area contributed by atoms with E-state index in [1.165, 1.54) is 24.5 Å². The Balaban J connectivity index is 1.88. The maximum Gasteiger partial charge on any atom is 0.348 e. The largest absolute Gasteiger partial charge is 0.464 e. The topological polar surface area (TPSA) is 100 Å². The van der Waals surface area contributed by atoms with Crippen molar-refractivity contribution in [2.75, 3.05) is 26.9 Å². The first-order chi connectivity index (χ1) is 17.4. The van der Waals surface area contributed by atoms with Crippen molar-refractivity contribution in [1.82, 2.24) is 5.09 Å². The standard InChI is InChI=1S/C26H30NO7PS/c1-4-13-32-25(28)22(17-31-3)27-35(30,34-21-9-7-6-8-10-21)18-19-11-12-23-20(15-19)16-24(36-23)26(29)33-14-5-2/h5-12,15-16,22H,2,4,13-14,17-18H2,1,3H3,(H,27,30)/t22-,35?/m0/s1. The second-order valence-electron chi connectivity index (χ2n) is 7.91. The van der Waals surface area contributed by atoms with Crippen molar-refractivity contribution in [2.45, 2.75) is 25.5 Å². The average Bonchev–Trinajstić information content (AvgIpc) is 3.29. The van der Waals surface area contributed by atoms with Crippen LogP contribution in [-0.4, -0.2) is 44.9 Å². The normalized spacial score (nSPS) is 13.5. The van der Waals surface area contributed by atoms with Crippen LogP contribution in [-0.2, 0) is 29.7 Å². The predicted molar refractivity (Wildman–Crippen MR) is 141 cm³/mol. The zero-order chi connectivity index (χ0) is 26.0. The number of nitrogens with one attached hydrogen (secondary N) is 1. The SMILES string of the molecule is C=CCOC(=O)c1cc2cc(CP(=O)(N[C@@H](COC)C(=O)OCCC)Oc3ccccc3)ccc2s1. The van der Waals surface area contributed by atoms with Crippen molar-refractivity contribution in [1.29, 1.82) is 0 Å². The highest BCUT2D eigenvalue weighted by atomic mass is 32.1. The van der Waals surface area contributed by atoms with Crippen molar-refractivity contribution in [2.24, 2.45) is 0 Å². The van der Waals surface area contributed by atoms with Gasteiger partial charge in [-0.1, -0.05) is 43.8 Å². The molecule has 0 bridgehead atoms. The number of carbonyl (C=O) groups excluding carboxylic acids is 2. The Morgan fingerprint density at radius 3 is 2.61 bits per heavy atom. The molecule has 192 valence electrons. The fourth-order valence-corrected chi connectivity index (χ4v) is 6.30. The minimum atomic E-state index is -3.67. The summed E-state index contributed by atoms with van der Waals surface area (Å²) in [5.41, 5.74) is 0.705. The van der Waals surface area contributed by atoms with E-state index in [1.54, 1.807) is 30.3 Å². The van der Waals surface area contributed by atoms with Gasteiger partial charge in [-0.25, -0.2) is 9.88 Å². The average molecular weight is 532 g/mol. The molecule has 1 unspecified atom stereocenters. The fourth-order valence-electron chi connectivity index (χ4n) is 3.36. The zero-order valence-corrected chi connectivity index (χ0v) is 22.0. The predicted octanol–water partition coefficient (Wildman–Crippen LogP) is 5.57. The van der Waals surface area contributed by atoms with Crippen molar-refractivity contribution in [3.8, 4) is 5.75 Å². The van der Waals surface area contributed by atoms with Crippen molar-refractivity contribution >= 4 is 40.9 Å². The van der Waals surface area contributed by atoms with Gasteiger partial charge >= 0.3 is 19.5 Å². The first kappa shape index (κ1) is 27.6. The number of esters is 2. The maximum atomic E-state index is 14.1. The molecular formula is C26H30NO7PS. The van der Waals surface area contributed by atoms with Gasteiger partial charge in [-0.05, 0) is 47.7 Å². The van der Waals surface area contributed by atoms with Gasteiger partial charge in [0.15, 0.2) is 0 Å². The van der Waals surface area contributed by atoms with Crippen LogP contribution in [0, 0.1) is 0 Å². The number of methoxy groups -OCH3 is 1. The van der Waals surface area contributed by atoms with Gasteiger partial charge in [0.05, 0.1) is 19.4 Å². The summed E-state index contributed by atoms with van der Waals surface area (Å²) < 4.78 is 36.5. The molecule has 2 atom stereocenters. The highest BCUT2D eigenvalue weighted by Gasteiger charge is 2.33. The zero-order valence-electron chi connectivity index (χ0n) is 20.3. The molecule has 3 aromatic rings. The number of ether oxygens (including phenoxy) is 3. The van der Waals surface area contributed by atoms with Crippen LogP contribution in [0.3, 0.4) is 0 Å². The second kappa shape index (κ2) is 13.4. The molecular weight excluding hydrogens is 501 g/mol. The summed E-state index contributed by atoms with van der Waals surface area (Å²) in [6.07, 6.45) is 2.16. The summed E-state index contributed by atoms with van der Waals surface area (Å²) >= 11 is 1.31. The highest BCUT2D eigenvalue weighted by Crippen LogP contribution is 2.47. The van der Waals surface area contributed by atoms with Crippen LogP contribution in [0.2, 0.25) is 0 Å². The Labute approximate surface area is 214 Å². The van der Waals surface area contributed by atoms with Crippen LogP contribution < -0.4 is 9.61 Å². The molecule has 0 saturated carbocycles. The van der Waals surface area contributed by atoms with Gasteiger partial charge in [-0.15, -0.1) is 11.3 Å². The number of carbonyl (C=O) groups is 2. The van der Waals surface area contributed by atoms with Gasteiger partial charge in [-0.2, -0.15) is 0 Å². The first-order valence-corrected chi connectivity index (χ1v) is 14.1. The molecule has 0 saturated heterocycles. The molecule has 10 heteroatoms. The molecule has 0 aliphatic carbocycles. The first-order valence-electron chi connectivity index (χ1n) is 11.4. The monoisotopic (exact) mass is 531 g/mol. The van der Waals surface area contributed by atoms with E-state index < -0.39 is 25.5 Å². The smallest absolute Gasteiger partial charge is 0.348 e. The van der Waals surface area contributed by atoms with Crippen LogP contribution in [0.1, 0.15) is 28.6 Å². The quantitative estimate of drug-likeness (QED) is 0.164. The molecule has 0 aliphatic rings. The number of hydrogen-bond acceptors (Lipinski definition) is 8. The van der Waals surface area contributed by atoms with Gasteiger partial charge in [0.25, 0.3) is 0 Å². The molecule has 1 heterocycles. The second-order valence-corrected chi connectivity index (χ2v) is 11.1. The molecule has 0 radical (unpaired) electrons. The van der Waals surface area contributed by atoms with Crippen LogP contribution in [0.15, 0.2) is 67.3 Å². The number of benzene rings is 2. The summed E-state index contributed by atoms with van der Waals surface area (Å²) in [6, 6.07) is 15.0. The van der Waals surface area contributed by atoms with Gasteiger partial charge in [0.1, 0.15) is 23.3 Å². The minimum Gasteiger partial charge on any atom is -0.464 e. The van der Waals surface area contributed by atoms with E-state index in [0.717, 1.165) is 10.1 Å². The molecule has 3 rings (SSSR count). The van der Waals surface area contributed by atoms with E-state index in [9.17, 15) is 14.2 Å². The van der Waals surface area contributed by atoms with Crippen LogP contribution in [0.4, 0.5) is 0 Å². The molecule has 8 nitrogen and oxygen atoms in total. The number of thiophene rings is 1. The molecule has 0 fully saturated rings. The fraction of sp³-hybridized carbons (Fsp3) is 0.308. The summed E-state index contributed by atoms with van der Waals surface area (Å²) in [5.74, 6) is -0.591. The summed E-state index contributed by atoms with van der Waals surface area (Å²) in [6.45, 7) is 5.78. The lowest BCUT2D eigenvalue weighted by atomic mass is 10.2. The number of hydrogen-bond donors (Lipinski definition) is 1. The third-order valence-corrected chi connectivity index (χ3v) is 8.01. The van der Waals surface area contributed by atoms with Crippen molar-refractivity contribution in [3.63, 3.8) is 0 Å². The number of rotatable bonds is 14. The Hall–Kier alpha value is -2.97. The number of para-hydroxylation sites is 1. The van der Waals surface area contributed by atoms with E-state index in [2.05, 4.69) is 11.7 Å². The van der Waals surface area contributed by atoms with E-state index in [1.807, 2.05) is 31.2 Å². The molecule has 1 N–H and O–H groups in total. The number of fused-ring (bicyclic) bond motifs is 1. The van der Waals surface area contributed by atoms with Gasteiger partial charge in [0, 0.05) is 11.8 Å². The van der Waals surface area contributed by atoms with E-state index in [0.29, 0.717) is 22.6 Å². The summed E-state index contributed by atoms with van der Waals surface area (Å²) in [7, 11) is -2.22. The summed E-state index contributed by atoms with van der Waals surface area (Å²) in [4.78, 5) is 25.3. The lowest BCUT2D eigenvalue weighted by Crippen LogP contribution is -2.41. The van der Waals surface area contributed by atoms with Gasteiger partial charge in [0.2, 0.25) is 0 Å². The maximum absolute atomic E-state index is 14.1. The highest BCUT2D eigenvalue weighted by molar-refractivity contribution is 7.56. The molecule has 0 spiro atoms. The molecule has 0 amide bonds. The van der Waals surface area contributed by atoms with E-state index >= 15 is 0 Å². The van der Waals surface area contributed by atoms with Crippen LogP contribution in [0.5, 0.6) is 5.75 Å². The third-order valence-electron chi connectivity index (χ3n) is 4.92. The van der Waals surface area contributed by atoms with Crippen LogP contribution in [0.25, 0.3) is 10.1 Å².